The van der Waals surface area contributed by atoms with Crippen LogP contribution in [0.4, 0.5) is 0 Å². The van der Waals surface area contributed by atoms with E-state index < -0.39 is 35.8 Å². The molecule has 0 aliphatic heterocycles. The molecule has 1 rings (SSSR count). The van der Waals surface area contributed by atoms with Gasteiger partial charge in [0.05, 0.1) is 9.79 Å². The Bertz CT molecular complexity index is 539. The Kier molecular flexibility index (Phi) is 4.95. The molecule has 0 atom stereocenters. The molecule has 1 aromatic carbocycles. The first kappa shape index (κ1) is 15.8. The van der Waals surface area contributed by atoms with Gasteiger partial charge in [0.2, 0.25) is 0 Å². The standard InChI is InChI=1S/C6H6O7S2.Na.H/c7-4-1-5(14(8,9)10)3-6(2-4)15(11,12)13;;/h1-3,7H,(H,8,9,10)(H,11,12,13);;. The maximum atomic E-state index is 10.6. The molecule has 1 aromatic rings. The summed E-state index contributed by atoms with van der Waals surface area (Å²) in [7, 11) is -9.29. The van der Waals surface area contributed by atoms with Crippen LogP contribution in [0.2, 0.25) is 0 Å². The Morgan fingerprint density at radius 3 is 1.38 bits per heavy atom. The quantitative estimate of drug-likeness (QED) is 0.479. The van der Waals surface area contributed by atoms with E-state index in [0.29, 0.717) is 18.2 Å². The van der Waals surface area contributed by atoms with Crippen molar-refractivity contribution in [3.05, 3.63) is 18.2 Å². The molecule has 3 N–H and O–H groups in total. The molecular formula is C6H7NaO7S2. The van der Waals surface area contributed by atoms with Gasteiger partial charge in [-0.05, 0) is 6.07 Å². The van der Waals surface area contributed by atoms with Gasteiger partial charge in [-0.1, -0.05) is 0 Å². The van der Waals surface area contributed by atoms with Crippen LogP contribution < -0.4 is 0 Å². The number of hydrogen-bond acceptors (Lipinski definition) is 5. The second kappa shape index (κ2) is 5.00. The van der Waals surface area contributed by atoms with Gasteiger partial charge in [-0.15, -0.1) is 0 Å². The van der Waals surface area contributed by atoms with Gasteiger partial charge in [-0.25, -0.2) is 0 Å². The second-order valence-corrected chi connectivity index (χ2v) is 5.46. The van der Waals surface area contributed by atoms with E-state index in [9.17, 15) is 16.8 Å². The molecule has 0 aliphatic carbocycles. The third-order valence-electron chi connectivity index (χ3n) is 1.46. The van der Waals surface area contributed by atoms with Gasteiger partial charge in [0.25, 0.3) is 20.2 Å². The summed E-state index contributed by atoms with van der Waals surface area (Å²) < 4.78 is 59.7. The van der Waals surface area contributed by atoms with Crippen molar-refractivity contribution in [3.63, 3.8) is 0 Å². The fourth-order valence-electron chi connectivity index (χ4n) is 0.855. The molecule has 16 heavy (non-hydrogen) atoms. The molecule has 0 unspecified atom stereocenters. The molecule has 0 saturated carbocycles. The van der Waals surface area contributed by atoms with E-state index in [4.69, 9.17) is 14.2 Å². The summed E-state index contributed by atoms with van der Waals surface area (Å²) in [5, 5.41) is 8.97. The van der Waals surface area contributed by atoms with Gasteiger partial charge in [0.1, 0.15) is 5.75 Å². The monoisotopic (exact) mass is 278 g/mol. The summed E-state index contributed by atoms with van der Waals surface area (Å²) in [5.41, 5.74) is 0. The van der Waals surface area contributed by atoms with E-state index >= 15 is 0 Å². The van der Waals surface area contributed by atoms with Gasteiger partial charge in [0, 0.05) is 12.1 Å². The molecule has 86 valence electrons. The number of phenolic OH excluding ortho intramolecular Hbond substituents is 1. The van der Waals surface area contributed by atoms with Crippen LogP contribution in [0.3, 0.4) is 0 Å². The van der Waals surface area contributed by atoms with Gasteiger partial charge >= 0.3 is 29.6 Å². The van der Waals surface area contributed by atoms with Crippen LogP contribution >= 0.6 is 0 Å². The molecule has 7 nitrogen and oxygen atoms in total. The molecule has 0 fully saturated rings. The summed E-state index contributed by atoms with van der Waals surface area (Å²) in [4.78, 5) is -1.65. The molecule has 0 spiro atoms. The first-order valence-electron chi connectivity index (χ1n) is 3.40. The number of benzene rings is 1. The minimum atomic E-state index is -4.64. The maximum absolute atomic E-state index is 10.6. The fraction of sp³-hybridized carbons (Fsp3) is 0. The van der Waals surface area contributed by atoms with Crippen molar-refractivity contribution in [2.24, 2.45) is 0 Å². The van der Waals surface area contributed by atoms with Crippen LogP contribution in [0, 0.1) is 0 Å². The first-order valence-corrected chi connectivity index (χ1v) is 6.28. The number of hydrogen-bond donors (Lipinski definition) is 3. The van der Waals surface area contributed by atoms with Crippen molar-refractivity contribution >= 4 is 49.8 Å². The van der Waals surface area contributed by atoms with E-state index in [-0.39, 0.29) is 29.6 Å². The van der Waals surface area contributed by atoms with E-state index in [0.717, 1.165) is 0 Å². The predicted octanol–water partition coefficient (Wildman–Crippen LogP) is -0.763. The van der Waals surface area contributed by atoms with Crippen LogP contribution in [0.5, 0.6) is 5.75 Å². The zero-order chi connectivity index (χ0) is 11.9. The zero-order valence-corrected chi connectivity index (χ0v) is 8.66. The normalized spacial score (nSPS) is 11.9. The van der Waals surface area contributed by atoms with Gasteiger partial charge in [-0.2, -0.15) is 16.8 Å². The first-order chi connectivity index (χ1) is 6.60. The van der Waals surface area contributed by atoms with Crippen LogP contribution in [-0.2, 0) is 20.2 Å². The van der Waals surface area contributed by atoms with E-state index in [2.05, 4.69) is 0 Å². The van der Waals surface area contributed by atoms with Gasteiger partial charge in [0.15, 0.2) is 0 Å². The average molecular weight is 278 g/mol. The Hall–Kier alpha value is -0.160. The van der Waals surface area contributed by atoms with Crippen molar-refractivity contribution < 1.29 is 31.0 Å². The fourth-order valence-corrected chi connectivity index (χ4v) is 2.02. The third-order valence-corrected chi connectivity index (χ3v) is 3.12. The topological polar surface area (TPSA) is 129 Å². The van der Waals surface area contributed by atoms with Crippen molar-refractivity contribution in [3.8, 4) is 5.75 Å². The minimum absolute atomic E-state index is 0. The van der Waals surface area contributed by atoms with Crippen molar-refractivity contribution in [1.82, 2.24) is 0 Å². The molecular weight excluding hydrogens is 271 g/mol. The van der Waals surface area contributed by atoms with Gasteiger partial charge < -0.3 is 5.11 Å². The number of aromatic hydroxyl groups is 1. The SMILES string of the molecule is O=S(=O)(O)c1cc(O)cc(S(=O)(=O)O)c1.[NaH]. The molecule has 0 amide bonds. The average Bonchev–Trinajstić information content (AvgIpc) is 1.99. The molecule has 0 heterocycles. The second-order valence-electron chi connectivity index (χ2n) is 2.61. The van der Waals surface area contributed by atoms with Crippen LogP contribution in [-0.4, -0.2) is 60.6 Å². The Labute approximate surface area is 114 Å². The molecule has 0 aromatic heterocycles. The van der Waals surface area contributed by atoms with Crippen LogP contribution in [0.1, 0.15) is 0 Å². The summed E-state index contributed by atoms with van der Waals surface area (Å²) in [6, 6.07) is 1.80. The Morgan fingerprint density at radius 2 is 1.12 bits per heavy atom. The predicted molar refractivity (Wildman–Crippen MR) is 54.9 cm³/mol. The summed E-state index contributed by atoms with van der Waals surface area (Å²) in [5.74, 6) is -0.710. The Balaban J connectivity index is 0.00000225. The zero-order valence-electron chi connectivity index (χ0n) is 7.02. The van der Waals surface area contributed by atoms with Crippen molar-refractivity contribution in [1.29, 1.82) is 0 Å². The summed E-state index contributed by atoms with van der Waals surface area (Å²) in [6.45, 7) is 0. The molecule has 0 bridgehead atoms. The third kappa shape index (κ3) is 4.01. The summed E-state index contributed by atoms with van der Waals surface area (Å²) in [6.07, 6.45) is 0. The van der Waals surface area contributed by atoms with Crippen LogP contribution in [0.25, 0.3) is 0 Å². The number of phenols is 1. The molecule has 0 radical (unpaired) electrons. The van der Waals surface area contributed by atoms with Gasteiger partial charge in [-0.3, -0.25) is 9.11 Å². The Morgan fingerprint density at radius 1 is 0.812 bits per heavy atom. The van der Waals surface area contributed by atoms with E-state index in [1.54, 1.807) is 0 Å². The number of rotatable bonds is 2. The van der Waals surface area contributed by atoms with Crippen LogP contribution in [0.15, 0.2) is 28.0 Å². The molecule has 0 aliphatic rings. The van der Waals surface area contributed by atoms with E-state index in [1.165, 1.54) is 0 Å². The molecule has 0 saturated heterocycles. The van der Waals surface area contributed by atoms with E-state index in [1.807, 2.05) is 0 Å². The van der Waals surface area contributed by atoms with Crippen molar-refractivity contribution in [2.75, 3.05) is 0 Å². The molecule has 10 heteroatoms. The summed E-state index contributed by atoms with van der Waals surface area (Å²) >= 11 is 0. The van der Waals surface area contributed by atoms with Crippen molar-refractivity contribution in [2.45, 2.75) is 9.79 Å².